The average Bonchev–Trinajstić information content (AvgIpc) is 2.47. The second-order valence-corrected chi connectivity index (χ2v) is 4.76. The molecule has 1 unspecified atom stereocenters. The number of carbonyl (C=O) groups excluding carboxylic acids is 2. The quantitative estimate of drug-likeness (QED) is 0.616. The molecule has 1 heterocycles. The zero-order valence-electron chi connectivity index (χ0n) is 10.8. The number of fused-ring (bicyclic) bond motifs is 1. The molecule has 0 spiro atoms. The second kappa shape index (κ2) is 5.25. The zero-order valence-corrected chi connectivity index (χ0v) is 10.8. The Bertz CT molecular complexity index is 652. The first kappa shape index (κ1) is 12.5. The van der Waals surface area contributed by atoms with E-state index < -0.39 is 11.9 Å². The van der Waals surface area contributed by atoms with Gasteiger partial charge in [0.05, 0.1) is 0 Å². The Morgan fingerprint density at radius 2 is 1.85 bits per heavy atom. The molecule has 0 bridgehead atoms. The Morgan fingerprint density at radius 1 is 1.10 bits per heavy atom. The molecule has 0 N–H and O–H groups in total. The van der Waals surface area contributed by atoms with Gasteiger partial charge in [-0.1, -0.05) is 30.3 Å². The van der Waals surface area contributed by atoms with Crippen molar-refractivity contribution < 1.29 is 14.3 Å². The molecule has 3 rings (SSSR count). The van der Waals surface area contributed by atoms with Crippen LogP contribution in [0.25, 0.3) is 0 Å². The third kappa shape index (κ3) is 2.45. The van der Waals surface area contributed by atoms with Crippen molar-refractivity contribution in [3.05, 3.63) is 59.8 Å². The van der Waals surface area contributed by atoms with Gasteiger partial charge in [-0.2, -0.15) is 0 Å². The highest BCUT2D eigenvalue weighted by Crippen LogP contribution is 2.24. The van der Waals surface area contributed by atoms with Gasteiger partial charge in [0.25, 0.3) is 0 Å². The summed E-state index contributed by atoms with van der Waals surface area (Å²) in [5.74, 6) is -1.12. The molecule has 4 nitrogen and oxygen atoms in total. The molecule has 2 aromatic rings. The number of aromatic nitrogens is 1. The van der Waals surface area contributed by atoms with Gasteiger partial charge in [-0.25, -0.2) is 4.98 Å². The lowest BCUT2D eigenvalue weighted by molar-refractivity contribution is -0.144. The van der Waals surface area contributed by atoms with E-state index in [9.17, 15) is 9.59 Å². The van der Waals surface area contributed by atoms with Gasteiger partial charge in [-0.3, -0.25) is 9.59 Å². The van der Waals surface area contributed by atoms with Crippen LogP contribution in [0.4, 0.5) is 0 Å². The Hall–Kier alpha value is -2.49. The summed E-state index contributed by atoms with van der Waals surface area (Å²) in [6.07, 6.45) is 2.24. The fourth-order valence-corrected chi connectivity index (χ4v) is 2.37. The highest BCUT2D eigenvalue weighted by Gasteiger charge is 2.33. The maximum atomic E-state index is 12.1. The summed E-state index contributed by atoms with van der Waals surface area (Å²) in [7, 11) is 0. The molecular weight excluding hydrogens is 254 g/mol. The topological polar surface area (TPSA) is 56.3 Å². The Balaban J connectivity index is 1.78. The molecule has 1 aliphatic carbocycles. The van der Waals surface area contributed by atoms with E-state index in [0.29, 0.717) is 6.42 Å². The van der Waals surface area contributed by atoms with Crippen LogP contribution in [0, 0.1) is 5.92 Å². The average molecular weight is 267 g/mol. The molecule has 20 heavy (non-hydrogen) atoms. The van der Waals surface area contributed by atoms with Gasteiger partial charge >= 0.3 is 5.97 Å². The van der Waals surface area contributed by atoms with Crippen LogP contribution < -0.4 is 4.74 Å². The lowest BCUT2D eigenvalue weighted by Crippen LogP contribution is -2.34. The Kier molecular flexibility index (Phi) is 3.29. The number of ketones is 1. The van der Waals surface area contributed by atoms with Crippen LogP contribution >= 0.6 is 0 Å². The predicted octanol–water partition coefficient (Wildman–Crippen LogP) is 1.97. The first-order valence-corrected chi connectivity index (χ1v) is 6.46. The summed E-state index contributed by atoms with van der Waals surface area (Å²) in [5, 5.41) is 0. The highest BCUT2D eigenvalue weighted by atomic mass is 16.5. The van der Waals surface area contributed by atoms with Crippen molar-refractivity contribution >= 4 is 11.8 Å². The molecule has 1 atom stereocenters. The molecule has 1 aliphatic rings. The minimum Gasteiger partial charge on any atom is -0.407 e. The molecule has 4 heteroatoms. The molecule has 1 aromatic carbocycles. The predicted molar refractivity (Wildman–Crippen MR) is 72.2 cm³/mol. The number of hydrogen-bond donors (Lipinski definition) is 0. The van der Waals surface area contributed by atoms with E-state index in [1.54, 1.807) is 24.4 Å². The number of Topliss-reactive ketones (excluding diaryl/α,β-unsaturated/α-hetero) is 1. The summed E-state index contributed by atoms with van der Waals surface area (Å²) >= 11 is 0. The number of esters is 1. The largest absolute Gasteiger partial charge is 0.407 e. The molecule has 1 aromatic heterocycles. The van der Waals surface area contributed by atoms with Crippen LogP contribution in [0.1, 0.15) is 11.1 Å². The van der Waals surface area contributed by atoms with Crippen LogP contribution in [-0.4, -0.2) is 16.7 Å². The highest BCUT2D eigenvalue weighted by molar-refractivity contribution is 6.02. The van der Waals surface area contributed by atoms with E-state index in [1.165, 1.54) is 0 Å². The minimum atomic E-state index is -0.730. The normalized spacial score (nSPS) is 17.4. The molecule has 0 amide bonds. The number of pyridine rings is 1. The smallest absolute Gasteiger partial charge is 0.323 e. The maximum Gasteiger partial charge on any atom is 0.323 e. The first-order chi connectivity index (χ1) is 9.74. The molecule has 0 saturated heterocycles. The molecule has 100 valence electrons. The van der Waals surface area contributed by atoms with Gasteiger partial charge in [0.15, 0.2) is 5.78 Å². The summed E-state index contributed by atoms with van der Waals surface area (Å²) in [6, 6.07) is 12.7. The molecule has 0 saturated carbocycles. The standard InChI is InChI=1S/C16H13NO3/c18-14-10-12-6-2-1-5-11(12)9-13(14)16(19)20-15-7-3-4-8-17-15/h1-8,13H,9-10H2. The number of rotatable bonds is 2. The zero-order chi connectivity index (χ0) is 13.9. The summed E-state index contributed by atoms with van der Waals surface area (Å²) < 4.78 is 5.17. The lowest BCUT2D eigenvalue weighted by Gasteiger charge is -2.21. The van der Waals surface area contributed by atoms with Crippen LogP contribution in [-0.2, 0) is 22.4 Å². The van der Waals surface area contributed by atoms with Crippen LogP contribution in [0.15, 0.2) is 48.7 Å². The van der Waals surface area contributed by atoms with Gasteiger partial charge < -0.3 is 4.74 Å². The third-order valence-corrected chi connectivity index (χ3v) is 3.42. The van der Waals surface area contributed by atoms with Crippen molar-refractivity contribution in [2.75, 3.05) is 0 Å². The van der Waals surface area contributed by atoms with E-state index in [1.807, 2.05) is 24.3 Å². The van der Waals surface area contributed by atoms with Crippen molar-refractivity contribution in [1.29, 1.82) is 0 Å². The number of benzene rings is 1. The summed E-state index contributed by atoms with van der Waals surface area (Å²) in [6.45, 7) is 0. The van der Waals surface area contributed by atoms with E-state index in [0.717, 1.165) is 11.1 Å². The fourth-order valence-electron chi connectivity index (χ4n) is 2.37. The Morgan fingerprint density at radius 3 is 2.60 bits per heavy atom. The van der Waals surface area contributed by atoms with Gasteiger partial charge in [-0.05, 0) is 23.6 Å². The van der Waals surface area contributed by atoms with E-state index in [4.69, 9.17) is 4.74 Å². The van der Waals surface area contributed by atoms with Crippen molar-refractivity contribution in [3.63, 3.8) is 0 Å². The van der Waals surface area contributed by atoms with Crippen LogP contribution in [0.5, 0.6) is 5.88 Å². The van der Waals surface area contributed by atoms with E-state index in [2.05, 4.69) is 4.98 Å². The number of hydrogen-bond acceptors (Lipinski definition) is 4. The summed E-state index contributed by atoms with van der Waals surface area (Å²) in [4.78, 5) is 28.1. The van der Waals surface area contributed by atoms with Gasteiger partial charge in [0, 0.05) is 18.7 Å². The Labute approximate surface area is 116 Å². The molecule has 0 radical (unpaired) electrons. The first-order valence-electron chi connectivity index (χ1n) is 6.46. The minimum absolute atomic E-state index is 0.0929. The fraction of sp³-hybridized carbons (Fsp3) is 0.188. The molecule has 0 aliphatic heterocycles. The van der Waals surface area contributed by atoms with Gasteiger partial charge in [0.1, 0.15) is 5.92 Å². The summed E-state index contributed by atoms with van der Waals surface area (Å²) in [5.41, 5.74) is 2.04. The number of carbonyl (C=O) groups is 2. The molecular formula is C16H13NO3. The van der Waals surface area contributed by atoms with E-state index in [-0.39, 0.29) is 18.1 Å². The monoisotopic (exact) mass is 267 g/mol. The van der Waals surface area contributed by atoms with Gasteiger partial charge in [-0.15, -0.1) is 0 Å². The third-order valence-electron chi connectivity index (χ3n) is 3.42. The van der Waals surface area contributed by atoms with Crippen LogP contribution in [0.2, 0.25) is 0 Å². The van der Waals surface area contributed by atoms with Crippen molar-refractivity contribution in [2.45, 2.75) is 12.8 Å². The van der Waals surface area contributed by atoms with Gasteiger partial charge in [0.2, 0.25) is 5.88 Å². The second-order valence-electron chi connectivity index (χ2n) is 4.76. The van der Waals surface area contributed by atoms with Crippen molar-refractivity contribution in [3.8, 4) is 5.88 Å². The maximum absolute atomic E-state index is 12.1. The van der Waals surface area contributed by atoms with E-state index >= 15 is 0 Å². The van der Waals surface area contributed by atoms with Crippen molar-refractivity contribution in [2.24, 2.45) is 5.92 Å². The van der Waals surface area contributed by atoms with Crippen LogP contribution in [0.3, 0.4) is 0 Å². The number of nitrogens with zero attached hydrogens (tertiary/aromatic N) is 1. The number of ether oxygens (including phenoxy) is 1. The molecule has 0 fully saturated rings. The lowest BCUT2D eigenvalue weighted by atomic mass is 9.83. The SMILES string of the molecule is O=C1Cc2ccccc2CC1C(=O)Oc1ccccn1. The van der Waals surface area contributed by atoms with Crippen molar-refractivity contribution in [1.82, 2.24) is 4.98 Å².